The summed E-state index contributed by atoms with van der Waals surface area (Å²) in [5.41, 5.74) is 0.936. The molecule has 1 rings (SSSR count). The number of urea groups is 1. The van der Waals surface area contributed by atoms with Crippen molar-refractivity contribution in [2.75, 3.05) is 13.6 Å². The van der Waals surface area contributed by atoms with Gasteiger partial charge >= 0.3 is 6.03 Å². The van der Waals surface area contributed by atoms with Gasteiger partial charge in [0.1, 0.15) is 12.4 Å². The molecule has 2 atom stereocenters. The molecule has 0 spiro atoms. The fourth-order valence-corrected chi connectivity index (χ4v) is 1.82. The van der Waals surface area contributed by atoms with Crippen LogP contribution in [0.3, 0.4) is 0 Å². The van der Waals surface area contributed by atoms with Crippen LogP contribution in [0.5, 0.6) is 0 Å². The van der Waals surface area contributed by atoms with Crippen LogP contribution < -0.4 is 15.5 Å². The molecule has 5 nitrogen and oxygen atoms in total. The van der Waals surface area contributed by atoms with Crippen LogP contribution in [-0.4, -0.2) is 31.6 Å². The summed E-state index contributed by atoms with van der Waals surface area (Å²) in [5, 5.41) is 4.97. The first-order valence-corrected chi connectivity index (χ1v) is 7.06. The number of quaternary nitrogens is 1. The Morgan fingerprint density at radius 3 is 2.48 bits per heavy atom. The van der Waals surface area contributed by atoms with Gasteiger partial charge in [-0.1, -0.05) is 19.1 Å². The second kappa shape index (κ2) is 8.36. The smallest absolute Gasteiger partial charge is 0.321 e. The van der Waals surface area contributed by atoms with Gasteiger partial charge in [-0.3, -0.25) is 10.1 Å². The van der Waals surface area contributed by atoms with Gasteiger partial charge < -0.3 is 10.2 Å². The average Bonchev–Trinajstić information content (AvgIpc) is 2.40. The fraction of sp³-hybridized carbons (Fsp3) is 0.467. The number of hydrogen-bond acceptors (Lipinski definition) is 2. The summed E-state index contributed by atoms with van der Waals surface area (Å²) in [5.74, 6) is -0.619. The number of carbonyl (C=O) groups is 2. The maximum absolute atomic E-state index is 12.8. The maximum Gasteiger partial charge on any atom is 0.321 e. The van der Waals surface area contributed by atoms with Crippen LogP contribution in [0.4, 0.5) is 9.18 Å². The highest BCUT2D eigenvalue weighted by molar-refractivity contribution is 5.94. The number of benzene rings is 1. The Balaban J connectivity index is 2.36. The third kappa shape index (κ3) is 6.85. The first-order valence-electron chi connectivity index (χ1n) is 7.06. The molecule has 1 aromatic carbocycles. The van der Waals surface area contributed by atoms with E-state index >= 15 is 0 Å². The lowest BCUT2D eigenvalue weighted by Gasteiger charge is -2.15. The van der Waals surface area contributed by atoms with Crippen molar-refractivity contribution < 1.29 is 18.9 Å². The molecule has 0 aliphatic rings. The van der Waals surface area contributed by atoms with E-state index in [4.69, 9.17) is 0 Å². The van der Waals surface area contributed by atoms with Crippen LogP contribution in [0.1, 0.15) is 25.8 Å². The van der Waals surface area contributed by atoms with E-state index < -0.39 is 6.03 Å². The molecule has 1 aromatic rings. The van der Waals surface area contributed by atoms with E-state index in [2.05, 4.69) is 10.6 Å². The number of likely N-dealkylation sites (N-methyl/N-ethyl adjacent to an activating group) is 1. The van der Waals surface area contributed by atoms with Gasteiger partial charge in [-0.05, 0) is 25.5 Å². The molecule has 0 radical (unpaired) electrons. The van der Waals surface area contributed by atoms with Crippen molar-refractivity contribution in [2.45, 2.75) is 32.9 Å². The van der Waals surface area contributed by atoms with Gasteiger partial charge in [-0.2, -0.15) is 0 Å². The monoisotopic (exact) mass is 296 g/mol. The minimum absolute atomic E-state index is 0.0297. The van der Waals surface area contributed by atoms with Crippen molar-refractivity contribution in [2.24, 2.45) is 0 Å². The third-order valence-electron chi connectivity index (χ3n) is 3.12. The summed E-state index contributed by atoms with van der Waals surface area (Å²) in [4.78, 5) is 24.1. The van der Waals surface area contributed by atoms with Crippen molar-refractivity contribution in [3.05, 3.63) is 35.6 Å². The molecule has 116 valence electrons. The molecular weight excluding hydrogens is 273 g/mol. The predicted octanol–water partition coefficient (Wildman–Crippen LogP) is 0.465. The van der Waals surface area contributed by atoms with Gasteiger partial charge in [0.15, 0.2) is 6.54 Å². The summed E-state index contributed by atoms with van der Waals surface area (Å²) >= 11 is 0. The fourth-order valence-electron chi connectivity index (χ4n) is 1.82. The van der Waals surface area contributed by atoms with Gasteiger partial charge in [0.25, 0.3) is 5.91 Å². The number of amides is 3. The molecule has 1 unspecified atom stereocenters. The molecule has 0 fully saturated rings. The van der Waals surface area contributed by atoms with E-state index in [0.29, 0.717) is 6.54 Å². The van der Waals surface area contributed by atoms with Crippen LogP contribution in [0.2, 0.25) is 0 Å². The van der Waals surface area contributed by atoms with E-state index in [9.17, 15) is 14.0 Å². The number of hydrogen-bond donors (Lipinski definition) is 3. The average molecular weight is 296 g/mol. The largest absolute Gasteiger partial charge is 0.335 e. The number of imide groups is 1. The molecule has 0 bridgehead atoms. The normalized spacial score (nSPS) is 13.3. The first kappa shape index (κ1) is 17.1. The zero-order chi connectivity index (χ0) is 15.8. The Hall–Kier alpha value is -1.95. The lowest BCUT2D eigenvalue weighted by atomic mass is 10.2. The molecule has 3 N–H and O–H groups in total. The SMILES string of the molecule is CC[C@@H](C)NC(=O)NC(=O)C[NH+](C)Cc1ccc(F)cc1. The molecule has 0 aliphatic carbocycles. The zero-order valence-corrected chi connectivity index (χ0v) is 12.7. The Morgan fingerprint density at radius 1 is 1.29 bits per heavy atom. The van der Waals surface area contributed by atoms with Crippen molar-refractivity contribution in [3.8, 4) is 0 Å². The van der Waals surface area contributed by atoms with E-state index in [1.807, 2.05) is 20.9 Å². The molecule has 21 heavy (non-hydrogen) atoms. The molecule has 0 heterocycles. The molecule has 0 aromatic heterocycles. The highest BCUT2D eigenvalue weighted by Crippen LogP contribution is 2.00. The van der Waals surface area contributed by atoms with Crippen molar-refractivity contribution >= 4 is 11.9 Å². The Morgan fingerprint density at radius 2 is 1.90 bits per heavy atom. The van der Waals surface area contributed by atoms with Crippen molar-refractivity contribution in [1.82, 2.24) is 10.6 Å². The summed E-state index contributed by atoms with van der Waals surface area (Å²) in [6.45, 7) is 4.58. The molecule has 6 heteroatoms. The lowest BCUT2D eigenvalue weighted by Crippen LogP contribution is -3.09. The Kier molecular flexibility index (Phi) is 6.81. The third-order valence-corrected chi connectivity index (χ3v) is 3.12. The van der Waals surface area contributed by atoms with Crippen LogP contribution >= 0.6 is 0 Å². The number of nitrogens with one attached hydrogen (secondary N) is 3. The Bertz CT molecular complexity index is 476. The van der Waals surface area contributed by atoms with Gasteiger partial charge in [0, 0.05) is 11.6 Å². The lowest BCUT2D eigenvalue weighted by molar-refractivity contribution is -0.885. The molecule has 3 amide bonds. The molecule has 0 saturated carbocycles. The summed E-state index contributed by atoms with van der Waals surface area (Å²) in [6.07, 6.45) is 0.803. The van der Waals surface area contributed by atoms with Crippen LogP contribution in [0.25, 0.3) is 0 Å². The van der Waals surface area contributed by atoms with Crippen molar-refractivity contribution in [1.29, 1.82) is 0 Å². The minimum atomic E-state index is -0.469. The van der Waals surface area contributed by atoms with Crippen molar-refractivity contribution in [3.63, 3.8) is 0 Å². The summed E-state index contributed by atoms with van der Waals surface area (Å²) < 4.78 is 12.8. The zero-order valence-electron chi connectivity index (χ0n) is 12.7. The minimum Gasteiger partial charge on any atom is -0.335 e. The van der Waals surface area contributed by atoms with Crippen LogP contribution in [-0.2, 0) is 11.3 Å². The molecular formula is C15H23FN3O2+. The van der Waals surface area contributed by atoms with Gasteiger partial charge in [0.05, 0.1) is 7.05 Å². The predicted molar refractivity (Wildman–Crippen MR) is 78.3 cm³/mol. The van der Waals surface area contributed by atoms with Gasteiger partial charge in [-0.25, -0.2) is 9.18 Å². The highest BCUT2D eigenvalue weighted by atomic mass is 19.1. The second-order valence-electron chi connectivity index (χ2n) is 5.27. The summed E-state index contributed by atoms with van der Waals surface area (Å²) in [7, 11) is 1.84. The number of rotatable bonds is 6. The van der Waals surface area contributed by atoms with Gasteiger partial charge in [0.2, 0.25) is 0 Å². The molecule has 0 saturated heterocycles. The van der Waals surface area contributed by atoms with E-state index in [1.54, 1.807) is 12.1 Å². The summed E-state index contributed by atoms with van der Waals surface area (Å²) in [6, 6.07) is 5.72. The quantitative estimate of drug-likeness (QED) is 0.714. The second-order valence-corrected chi connectivity index (χ2v) is 5.27. The van der Waals surface area contributed by atoms with E-state index in [-0.39, 0.29) is 24.3 Å². The van der Waals surface area contributed by atoms with Crippen LogP contribution in [0, 0.1) is 5.82 Å². The number of carbonyl (C=O) groups excluding carboxylic acids is 2. The van der Waals surface area contributed by atoms with E-state index in [1.165, 1.54) is 12.1 Å². The standard InChI is InChI=1S/C15H22FN3O2/c1-4-11(2)17-15(21)18-14(20)10-19(3)9-12-5-7-13(16)8-6-12/h5-8,11H,4,9-10H2,1-3H3,(H2,17,18,20,21)/p+1/t11-/m1/s1. The molecule has 0 aliphatic heterocycles. The van der Waals surface area contributed by atoms with Crippen LogP contribution in [0.15, 0.2) is 24.3 Å². The van der Waals surface area contributed by atoms with E-state index in [0.717, 1.165) is 16.9 Å². The first-order chi connectivity index (χ1) is 9.90. The maximum atomic E-state index is 12.8. The number of halogens is 1. The van der Waals surface area contributed by atoms with Gasteiger partial charge in [-0.15, -0.1) is 0 Å². The topological polar surface area (TPSA) is 62.6 Å². The Labute approximate surface area is 124 Å². The highest BCUT2D eigenvalue weighted by Gasteiger charge is 2.14.